The van der Waals surface area contributed by atoms with Crippen LogP contribution in [0.25, 0.3) is 0 Å². The monoisotopic (exact) mass is 206 g/mol. The summed E-state index contributed by atoms with van der Waals surface area (Å²) >= 11 is 1.63. The molecule has 2 aromatic rings. The number of thiazole rings is 1. The third-order valence-corrected chi connectivity index (χ3v) is 2.55. The Morgan fingerprint density at radius 2 is 2.07 bits per heavy atom. The summed E-state index contributed by atoms with van der Waals surface area (Å²) in [5.41, 5.74) is 0.907. The maximum absolute atomic E-state index is 4.18. The largest absolute Gasteiger partial charge is 0.362 e. The van der Waals surface area contributed by atoms with Crippen molar-refractivity contribution >= 4 is 17.2 Å². The molecule has 14 heavy (non-hydrogen) atoms. The molecule has 0 atom stereocenters. The summed E-state index contributed by atoms with van der Waals surface area (Å²) in [6.45, 7) is 2.63. The fourth-order valence-electron chi connectivity index (χ4n) is 1.08. The Morgan fingerprint density at radius 1 is 1.21 bits per heavy atom. The van der Waals surface area contributed by atoms with Gasteiger partial charge in [0.2, 0.25) is 0 Å². The molecule has 0 saturated carbocycles. The number of aryl methyl sites for hydroxylation is 1. The number of hydrogen-bond donors (Lipinski definition) is 1. The van der Waals surface area contributed by atoms with E-state index in [1.165, 1.54) is 0 Å². The van der Waals surface area contributed by atoms with Crippen molar-refractivity contribution in [3.8, 4) is 0 Å². The number of aromatic nitrogens is 3. The lowest BCUT2D eigenvalue weighted by Gasteiger charge is -2.04. The van der Waals surface area contributed by atoms with E-state index in [0.717, 1.165) is 16.5 Å². The first-order chi connectivity index (χ1) is 6.86. The Labute approximate surface area is 86.1 Å². The molecule has 0 spiro atoms. The zero-order valence-corrected chi connectivity index (χ0v) is 8.58. The lowest BCUT2D eigenvalue weighted by molar-refractivity contribution is 1.04. The van der Waals surface area contributed by atoms with Crippen molar-refractivity contribution in [3.05, 3.63) is 34.7 Å². The van der Waals surface area contributed by atoms with Crippen molar-refractivity contribution < 1.29 is 0 Å². The molecule has 5 heteroatoms. The van der Waals surface area contributed by atoms with Crippen molar-refractivity contribution in [2.45, 2.75) is 13.5 Å². The highest BCUT2D eigenvalue weighted by molar-refractivity contribution is 7.09. The lowest BCUT2D eigenvalue weighted by atomic mass is 10.4. The third-order valence-electron chi connectivity index (χ3n) is 1.77. The van der Waals surface area contributed by atoms with Crippen LogP contribution in [-0.2, 0) is 6.54 Å². The zero-order valence-electron chi connectivity index (χ0n) is 7.77. The first kappa shape index (κ1) is 9.08. The van der Waals surface area contributed by atoms with Gasteiger partial charge in [0.15, 0.2) is 0 Å². The van der Waals surface area contributed by atoms with Crippen molar-refractivity contribution in [2.24, 2.45) is 0 Å². The second kappa shape index (κ2) is 4.15. The van der Waals surface area contributed by atoms with Gasteiger partial charge in [0.1, 0.15) is 10.8 Å². The minimum Gasteiger partial charge on any atom is -0.362 e. The van der Waals surface area contributed by atoms with Gasteiger partial charge in [0, 0.05) is 24.0 Å². The minimum absolute atomic E-state index is 0.706. The average Bonchev–Trinajstić information content (AvgIpc) is 2.69. The highest BCUT2D eigenvalue weighted by Gasteiger charge is 2.00. The molecule has 0 fully saturated rings. The zero-order chi connectivity index (χ0) is 9.80. The molecule has 2 heterocycles. The van der Waals surface area contributed by atoms with Crippen LogP contribution in [0.5, 0.6) is 0 Å². The molecule has 1 N–H and O–H groups in total. The van der Waals surface area contributed by atoms with E-state index in [9.17, 15) is 0 Å². The van der Waals surface area contributed by atoms with Gasteiger partial charge in [-0.15, -0.1) is 11.3 Å². The molecule has 0 unspecified atom stereocenters. The van der Waals surface area contributed by atoms with E-state index in [2.05, 4.69) is 20.3 Å². The van der Waals surface area contributed by atoms with Gasteiger partial charge in [-0.2, -0.15) is 0 Å². The van der Waals surface area contributed by atoms with Gasteiger partial charge in [-0.25, -0.2) is 9.97 Å². The SMILES string of the molecule is Cc1nccnc1NCc1nccs1. The molecule has 0 aliphatic heterocycles. The number of rotatable bonds is 3. The molecule has 0 bridgehead atoms. The van der Waals surface area contributed by atoms with Gasteiger partial charge in [-0.05, 0) is 6.92 Å². The Balaban J connectivity index is 2.02. The quantitative estimate of drug-likeness (QED) is 0.832. The van der Waals surface area contributed by atoms with Crippen molar-refractivity contribution in [3.63, 3.8) is 0 Å². The van der Waals surface area contributed by atoms with Crippen LogP contribution in [0, 0.1) is 6.92 Å². The molecule has 0 radical (unpaired) electrons. The predicted octanol–water partition coefficient (Wildman–Crippen LogP) is 1.85. The summed E-state index contributed by atoms with van der Waals surface area (Å²) in [4.78, 5) is 12.5. The number of nitrogens with one attached hydrogen (secondary N) is 1. The standard InChI is InChI=1S/C9H10N4S/c1-7-9(12-3-2-10-7)13-6-8-11-4-5-14-8/h2-5H,6H2,1H3,(H,12,13). The summed E-state index contributed by atoms with van der Waals surface area (Å²) in [5, 5.41) is 6.20. The van der Waals surface area contributed by atoms with E-state index >= 15 is 0 Å². The van der Waals surface area contributed by atoms with Crippen LogP contribution < -0.4 is 5.32 Å². The molecule has 0 amide bonds. The van der Waals surface area contributed by atoms with Crippen LogP contribution in [-0.4, -0.2) is 15.0 Å². The van der Waals surface area contributed by atoms with Gasteiger partial charge < -0.3 is 5.32 Å². The molecular weight excluding hydrogens is 196 g/mol. The summed E-state index contributed by atoms with van der Waals surface area (Å²) in [6, 6.07) is 0. The van der Waals surface area contributed by atoms with Crippen LogP contribution >= 0.6 is 11.3 Å². The van der Waals surface area contributed by atoms with E-state index < -0.39 is 0 Å². The molecule has 4 nitrogen and oxygen atoms in total. The molecular formula is C9H10N4S. The maximum atomic E-state index is 4.18. The van der Waals surface area contributed by atoms with E-state index in [4.69, 9.17) is 0 Å². The normalized spacial score (nSPS) is 10.1. The van der Waals surface area contributed by atoms with E-state index in [0.29, 0.717) is 6.54 Å². The predicted molar refractivity (Wildman–Crippen MR) is 56.2 cm³/mol. The van der Waals surface area contributed by atoms with Crippen LogP contribution in [0.3, 0.4) is 0 Å². The van der Waals surface area contributed by atoms with Gasteiger partial charge in [0.25, 0.3) is 0 Å². The Hall–Kier alpha value is -1.49. The van der Waals surface area contributed by atoms with E-state index in [1.807, 2.05) is 12.3 Å². The summed E-state index contributed by atoms with van der Waals surface area (Å²) < 4.78 is 0. The van der Waals surface area contributed by atoms with Crippen LogP contribution in [0.15, 0.2) is 24.0 Å². The molecule has 0 saturated heterocycles. The van der Waals surface area contributed by atoms with Crippen molar-refractivity contribution in [1.82, 2.24) is 15.0 Å². The fourth-order valence-corrected chi connectivity index (χ4v) is 1.64. The van der Waals surface area contributed by atoms with Crippen LogP contribution in [0.2, 0.25) is 0 Å². The number of nitrogens with zero attached hydrogens (tertiary/aromatic N) is 3. The third kappa shape index (κ3) is 2.05. The number of hydrogen-bond acceptors (Lipinski definition) is 5. The molecule has 0 aromatic carbocycles. The topological polar surface area (TPSA) is 50.7 Å². The van der Waals surface area contributed by atoms with Gasteiger partial charge in [-0.3, -0.25) is 4.98 Å². The summed E-state index contributed by atoms with van der Waals surface area (Å²) in [5.74, 6) is 0.822. The minimum atomic E-state index is 0.706. The van der Waals surface area contributed by atoms with Crippen LogP contribution in [0.1, 0.15) is 10.7 Å². The van der Waals surface area contributed by atoms with E-state index in [1.54, 1.807) is 29.9 Å². The lowest BCUT2D eigenvalue weighted by Crippen LogP contribution is -2.03. The highest BCUT2D eigenvalue weighted by Crippen LogP contribution is 2.10. The number of anilines is 1. The average molecular weight is 206 g/mol. The van der Waals surface area contributed by atoms with Crippen molar-refractivity contribution in [2.75, 3.05) is 5.32 Å². The van der Waals surface area contributed by atoms with Gasteiger partial charge in [0.05, 0.1) is 12.2 Å². The van der Waals surface area contributed by atoms with E-state index in [-0.39, 0.29) is 0 Å². The first-order valence-corrected chi connectivity index (χ1v) is 5.14. The summed E-state index contributed by atoms with van der Waals surface area (Å²) in [6.07, 6.45) is 5.16. The molecule has 2 aromatic heterocycles. The smallest absolute Gasteiger partial charge is 0.147 e. The first-order valence-electron chi connectivity index (χ1n) is 4.26. The van der Waals surface area contributed by atoms with Crippen molar-refractivity contribution in [1.29, 1.82) is 0 Å². The molecule has 2 rings (SSSR count). The Bertz CT molecular complexity index is 399. The Kier molecular flexibility index (Phi) is 2.69. The molecule has 72 valence electrons. The van der Waals surface area contributed by atoms with Gasteiger partial charge in [-0.1, -0.05) is 0 Å². The maximum Gasteiger partial charge on any atom is 0.147 e. The molecule has 0 aliphatic carbocycles. The Morgan fingerprint density at radius 3 is 2.79 bits per heavy atom. The van der Waals surface area contributed by atoms with Crippen LogP contribution in [0.4, 0.5) is 5.82 Å². The fraction of sp³-hybridized carbons (Fsp3) is 0.222. The summed E-state index contributed by atoms with van der Waals surface area (Å²) in [7, 11) is 0. The second-order valence-electron chi connectivity index (χ2n) is 2.77. The second-order valence-corrected chi connectivity index (χ2v) is 3.75. The molecule has 0 aliphatic rings. The van der Waals surface area contributed by atoms with Gasteiger partial charge >= 0.3 is 0 Å². The highest BCUT2D eigenvalue weighted by atomic mass is 32.1.